The van der Waals surface area contributed by atoms with Crippen LogP contribution in [0.5, 0.6) is 0 Å². The lowest BCUT2D eigenvalue weighted by Crippen LogP contribution is -2.11. The van der Waals surface area contributed by atoms with Gasteiger partial charge in [-0.25, -0.2) is 0 Å². The molecular weight excluding hydrogens is 342 g/mol. The second-order valence-electron chi connectivity index (χ2n) is 4.04. The molecule has 17 heavy (non-hydrogen) atoms. The monoisotopic (exact) mass is 353 g/mol. The van der Waals surface area contributed by atoms with Crippen LogP contribution >= 0.6 is 31.9 Å². The molecule has 0 fully saturated rings. The molecule has 0 bridgehead atoms. The summed E-state index contributed by atoms with van der Waals surface area (Å²) in [7, 11) is 0. The van der Waals surface area contributed by atoms with Gasteiger partial charge in [0.2, 0.25) is 0 Å². The molecule has 1 nitrogen and oxygen atoms in total. The smallest absolute Gasteiger partial charge is 0.0551 e. The summed E-state index contributed by atoms with van der Waals surface area (Å²) in [5.41, 5.74) is 9.71. The van der Waals surface area contributed by atoms with Crippen LogP contribution in [0.4, 0.5) is 0 Å². The third-order valence-electron chi connectivity index (χ3n) is 2.77. The quantitative estimate of drug-likeness (QED) is 0.839. The van der Waals surface area contributed by atoms with E-state index in [1.807, 2.05) is 30.3 Å². The molecule has 0 spiro atoms. The molecule has 3 heteroatoms. The number of halogens is 2. The van der Waals surface area contributed by atoms with Crippen molar-refractivity contribution in [1.29, 1.82) is 0 Å². The maximum atomic E-state index is 6.25. The lowest BCUT2D eigenvalue weighted by Gasteiger charge is -2.14. The number of benzene rings is 2. The Hall–Kier alpha value is -0.640. The average molecular weight is 355 g/mol. The lowest BCUT2D eigenvalue weighted by atomic mass is 9.98. The third kappa shape index (κ3) is 2.97. The highest BCUT2D eigenvalue weighted by Gasteiger charge is 2.09. The summed E-state index contributed by atoms with van der Waals surface area (Å²) in [5.74, 6) is 0. The summed E-state index contributed by atoms with van der Waals surface area (Å²) in [6.07, 6.45) is 0. The molecule has 2 aromatic carbocycles. The second kappa shape index (κ2) is 5.34. The van der Waals surface area contributed by atoms with E-state index in [0.717, 1.165) is 20.1 Å². The van der Waals surface area contributed by atoms with E-state index in [-0.39, 0.29) is 6.04 Å². The van der Waals surface area contributed by atoms with Gasteiger partial charge >= 0.3 is 0 Å². The molecule has 0 radical (unpaired) electrons. The fourth-order valence-electron chi connectivity index (χ4n) is 1.72. The Kier molecular flexibility index (Phi) is 4.02. The summed E-state index contributed by atoms with van der Waals surface area (Å²) in [5, 5.41) is 0. The standard InChI is InChI=1S/C14H13Br2N/c1-9-8-11(4-7-13(9)16)14(17)10-2-5-12(15)6-3-10/h2-8,14H,17H2,1H3. The van der Waals surface area contributed by atoms with Crippen LogP contribution in [0.3, 0.4) is 0 Å². The van der Waals surface area contributed by atoms with E-state index in [1.54, 1.807) is 0 Å². The first-order valence-corrected chi connectivity index (χ1v) is 6.93. The van der Waals surface area contributed by atoms with Gasteiger partial charge in [0.15, 0.2) is 0 Å². The first kappa shape index (κ1) is 12.8. The van der Waals surface area contributed by atoms with E-state index in [4.69, 9.17) is 5.73 Å². The van der Waals surface area contributed by atoms with E-state index in [0.29, 0.717) is 0 Å². The summed E-state index contributed by atoms with van der Waals surface area (Å²) in [6.45, 7) is 2.07. The number of nitrogens with two attached hydrogens (primary N) is 1. The van der Waals surface area contributed by atoms with Crippen molar-refractivity contribution in [3.05, 3.63) is 68.1 Å². The maximum absolute atomic E-state index is 6.25. The number of hydrogen-bond donors (Lipinski definition) is 1. The Balaban J connectivity index is 2.33. The lowest BCUT2D eigenvalue weighted by molar-refractivity contribution is 0.869. The molecule has 0 heterocycles. The van der Waals surface area contributed by atoms with Crippen molar-refractivity contribution in [2.45, 2.75) is 13.0 Å². The Morgan fingerprint density at radius 2 is 1.53 bits per heavy atom. The highest BCUT2D eigenvalue weighted by molar-refractivity contribution is 9.10. The zero-order valence-electron chi connectivity index (χ0n) is 9.45. The van der Waals surface area contributed by atoms with Gasteiger partial charge in [-0.05, 0) is 41.8 Å². The van der Waals surface area contributed by atoms with Crippen molar-refractivity contribution in [2.75, 3.05) is 0 Å². The first-order chi connectivity index (χ1) is 8.08. The van der Waals surface area contributed by atoms with Crippen LogP contribution in [0.1, 0.15) is 22.7 Å². The van der Waals surface area contributed by atoms with Gasteiger partial charge in [-0.1, -0.05) is 56.1 Å². The van der Waals surface area contributed by atoms with Crippen LogP contribution in [0.15, 0.2) is 51.4 Å². The molecule has 0 aromatic heterocycles. The molecule has 0 aliphatic carbocycles. The Morgan fingerprint density at radius 3 is 2.12 bits per heavy atom. The topological polar surface area (TPSA) is 26.0 Å². The molecule has 2 N–H and O–H groups in total. The number of hydrogen-bond acceptors (Lipinski definition) is 1. The van der Waals surface area contributed by atoms with Crippen molar-refractivity contribution in [1.82, 2.24) is 0 Å². The minimum absolute atomic E-state index is 0.0742. The van der Waals surface area contributed by atoms with Crippen LogP contribution in [-0.2, 0) is 0 Å². The molecule has 1 atom stereocenters. The highest BCUT2D eigenvalue weighted by Crippen LogP contribution is 2.25. The van der Waals surface area contributed by atoms with Crippen molar-refractivity contribution in [3.8, 4) is 0 Å². The van der Waals surface area contributed by atoms with Crippen LogP contribution in [0.2, 0.25) is 0 Å². The summed E-state index contributed by atoms with van der Waals surface area (Å²) < 4.78 is 2.18. The van der Waals surface area contributed by atoms with Crippen LogP contribution in [-0.4, -0.2) is 0 Å². The number of aryl methyl sites for hydroxylation is 1. The molecule has 2 aromatic rings. The Labute approximate surface area is 118 Å². The zero-order valence-corrected chi connectivity index (χ0v) is 12.6. The molecule has 0 amide bonds. The maximum Gasteiger partial charge on any atom is 0.0551 e. The Morgan fingerprint density at radius 1 is 0.941 bits per heavy atom. The third-order valence-corrected chi connectivity index (χ3v) is 4.19. The summed E-state index contributed by atoms with van der Waals surface area (Å²) >= 11 is 6.92. The normalized spacial score (nSPS) is 12.5. The summed E-state index contributed by atoms with van der Waals surface area (Å²) in [6, 6.07) is 14.3. The van der Waals surface area contributed by atoms with E-state index in [9.17, 15) is 0 Å². The Bertz CT molecular complexity index is 520. The summed E-state index contributed by atoms with van der Waals surface area (Å²) in [4.78, 5) is 0. The van der Waals surface area contributed by atoms with Crippen LogP contribution < -0.4 is 5.73 Å². The second-order valence-corrected chi connectivity index (χ2v) is 5.81. The zero-order chi connectivity index (χ0) is 12.4. The van der Waals surface area contributed by atoms with Gasteiger partial charge in [0.25, 0.3) is 0 Å². The average Bonchev–Trinajstić information content (AvgIpc) is 2.33. The van der Waals surface area contributed by atoms with Gasteiger partial charge in [0.05, 0.1) is 6.04 Å². The fourth-order valence-corrected chi connectivity index (χ4v) is 2.23. The molecule has 0 saturated carbocycles. The molecule has 0 aliphatic rings. The van der Waals surface area contributed by atoms with Crippen molar-refractivity contribution in [2.24, 2.45) is 5.73 Å². The molecule has 88 valence electrons. The minimum Gasteiger partial charge on any atom is -0.320 e. The van der Waals surface area contributed by atoms with E-state index < -0.39 is 0 Å². The van der Waals surface area contributed by atoms with Crippen molar-refractivity contribution >= 4 is 31.9 Å². The van der Waals surface area contributed by atoms with Crippen LogP contribution in [0, 0.1) is 6.92 Å². The SMILES string of the molecule is Cc1cc(C(N)c2ccc(Br)cc2)ccc1Br. The van der Waals surface area contributed by atoms with Gasteiger partial charge in [-0.15, -0.1) is 0 Å². The predicted molar refractivity (Wildman–Crippen MR) is 79.1 cm³/mol. The fraction of sp³-hybridized carbons (Fsp3) is 0.143. The molecule has 0 saturated heterocycles. The largest absolute Gasteiger partial charge is 0.320 e. The molecule has 0 aliphatic heterocycles. The highest BCUT2D eigenvalue weighted by atomic mass is 79.9. The van der Waals surface area contributed by atoms with Gasteiger partial charge < -0.3 is 5.73 Å². The van der Waals surface area contributed by atoms with E-state index in [2.05, 4.69) is 50.9 Å². The van der Waals surface area contributed by atoms with Gasteiger partial charge in [-0.3, -0.25) is 0 Å². The molecule has 1 unspecified atom stereocenters. The van der Waals surface area contributed by atoms with Crippen molar-refractivity contribution in [3.63, 3.8) is 0 Å². The minimum atomic E-state index is -0.0742. The van der Waals surface area contributed by atoms with E-state index >= 15 is 0 Å². The predicted octanol–water partition coefficient (Wildman–Crippen LogP) is 4.57. The number of rotatable bonds is 2. The first-order valence-electron chi connectivity index (χ1n) is 5.35. The van der Waals surface area contributed by atoms with Crippen LogP contribution in [0.25, 0.3) is 0 Å². The van der Waals surface area contributed by atoms with Gasteiger partial charge in [-0.2, -0.15) is 0 Å². The van der Waals surface area contributed by atoms with Gasteiger partial charge in [0, 0.05) is 8.95 Å². The van der Waals surface area contributed by atoms with Gasteiger partial charge in [0.1, 0.15) is 0 Å². The molecular formula is C14H13Br2N. The van der Waals surface area contributed by atoms with E-state index in [1.165, 1.54) is 5.56 Å². The van der Waals surface area contributed by atoms with Crippen molar-refractivity contribution < 1.29 is 0 Å². The molecule has 2 rings (SSSR count).